The van der Waals surface area contributed by atoms with Crippen molar-refractivity contribution < 1.29 is 19.0 Å². The Labute approximate surface area is 147 Å². The molecule has 1 atom stereocenters. The summed E-state index contributed by atoms with van der Waals surface area (Å²) in [5, 5.41) is 7.22. The number of nitrogens with one attached hydrogen (secondary N) is 1. The Bertz CT molecular complexity index is 733. The molecule has 25 heavy (non-hydrogen) atoms. The summed E-state index contributed by atoms with van der Waals surface area (Å²) in [5.41, 5.74) is 3.56. The van der Waals surface area contributed by atoms with E-state index in [0.29, 0.717) is 5.69 Å². The number of carbonyl (C=O) groups is 1. The standard InChI is InChI=1S/C19H24N2O4/c1-12(2)25-19(22)11-14-10-16(21-20-14)13-6-7-17(23-3)15(9-13)18-5-4-8-24-18/h6-7,9-10,12,18H,4-5,8,11H2,1-3H3,(H,20,21). The van der Waals surface area contributed by atoms with Crippen molar-refractivity contribution >= 4 is 5.97 Å². The molecule has 1 N–H and O–H groups in total. The summed E-state index contributed by atoms with van der Waals surface area (Å²) in [7, 11) is 1.67. The number of ether oxygens (including phenoxy) is 3. The number of nitrogens with zero attached hydrogens (tertiary/aromatic N) is 1. The maximum atomic E-state index is 11.8. The van der Waals surface area contributed by atoms with E-state index in [4.69, 9.17) is 14.2 Å². The Balaban J connectivity index is 1.80. The van der Waals surface area contributed by atoms with E-state index in [2.05, 4.69) is 16.3 Å². The summed E-state index contributed by atoms with van der Waals surface area (Å²) < 4.78 is 16.4. The van der Waals surface area contributed by atoms with Crippen LogP contribution in [0.3, 0.4) is 0 Å². The first-order chi connectivity index (χ1) is 12.1. The Hall–Kier alpha value is -2.34. The lowest BCUT2D eigenvalue weighted by Gasteiger charge is -2.15. The lowest BCUT2D eigenvalue weighted by Crippen LogP contribution is -2.13. The van der Waals surface area contributed by atoms with Crippen LogP contribution in [0.15, 0.2) is 24.3 Å². The molecule has 1 saturated heterocycles. The number of methoxy groups -OCH3 is 1. The van der Waals surface area contributed by atoms with E-state index in [1.54, 1.807) is 7.11 Å². The number of H-pyrrole nitrogens is 1. The molecule has 1 aliphatic rings. The largest absolute Gasteiger partial charge is 0.496 e. The zero-order valence-electron chi connectivity index (χ0n) is 14.9. The highest BCUT2D eigenvalue weighted by atomic mass is 16.5. The van der Waals surface area contributed by atoms with Gasteiger partial charge in [0.1, 0.15) is 5.75 Å². The van der Waals surface area contributed by atoms with Gasteiger partial charge in [0, 0.05) is 17.7 Å². The molecule has 1 fully saturated rings. The predicted molar refractivity (Wildman–Crippen MR) is 93.4 cm³/mol. The van der Waals surface area contributed by atoms with E-state index in [1.165, 1.54) is 0 Å². The van der Waals surface area contributed by atoms with Crippen LogP contribution >= 0.6 is 0 Å². The molecule has 1 aliphatic heterocycles. The van der Waals surface area contributed by atoms with Gasteiger partial charge in [-0.1, -0.05) is 0 Å². The molecule has 2 aromatic rings. The van der Waals surface area contributed by atoms with Gasteiger partial charge in [-0.2, -0.15) is 5.10 Å². The smallest absolute Gasteiger partial charge is 0.312 e. The number of carbonyl (C=O) groups excluding carboxylic acids is 1. The summed E-state index contributed by atoms with van der Waals surface area (Å²) >= 11 is 0. The van der Waals surface area contributed by atoms with Crippen molar-refractivity contribution in [2.24, 2.45) is 0 Å². The van der Waals surface area contributed by atoms with Gasteiger partial charge in [0.15, 0.2) is 0 Å². The topological polar surface area (TPSA) is 73.4 Å². The van der Waals surface area contributed by atoms with Gasteiger partial charge in [0.05, 0.1) is 37.1 Å². The van der Waals surface area contributed by atoms with Gasteiger partial charge in [-0.15, -0.1) is 0 Å². The fourth-order valence-corrected chi connectivity index (χ4v) is 3.03. The normalized spacial score (nSPS) is 17.0. The number of rotatable bonds is 6. The van der Waals surface area contributed by atoms with Gasteiger partial charge in [-0.05, 0) is 51.0 Å². The van der Waals surface area contributed by atoms with Crippen molar-refractivity contribution in [3.63, 3.8) is 0 Å². The van der Waals surface area contributed by atoms with Gasteiger partial charge in [0.25, 0.3) is 0 Å². The number of hydrogen-bond donors (Lipinski definition) is 1. The molecular weight excluding hydrogens is 320 g/mol. The van der Waals surface area contributed by atoms with Crippen LogP contribution in [0, 0.1) is 0 Å². The number of aromatic amines is 1. The highest BCUT2D eigenvalue weighted by Crippen LogP contribution is 2.37. The van der Waals surface area contributed by atoms with Crippen molar-refractivity contribution in [3.05, 3.63) is 35.5 Å². The molecule has 1 aromatic heterocycles. The van der Waals surface area contributed by atoms with Crippen molar-refractivity contribution in [1.29, 1.82) is 0 Å². The highest BCUT2D eigenvalue weighted by molar-refractivity contribution is 5.73. The molecule has 2 heterocycles. The number of hydrogen-bond acceptors (Lipinski definition) is 5. The second kappa shape index (κ2) is 7.70. The molecule has 134 valence electrons. The molecule has 0 aliphatic carbocycles. The molecular formula is C19H24N2O4. The minimum absolute atomic E-state index is 0.0679. The number of benzene rings is 1. The van der Waals surface area contributed by atoms with E-state index < -0.39 is 0 Å². The molecule has 6 nitrogen and oxygen atoms in total. The third-order valence-corrected chi connectivity index (χ3v) is 4.14. The van der Waals surface area contributed by atoms with Crippen LogP contribution in [0.2, 0.25) is 0 Å². The van der Waals surface area contributed by atoms with E-state index in [1.807, 2.05) is 32.0 Å². The van der Waals surface area contributed by atoms with Crippen molar-refractivity contribution in [2.75, 3.05) is 13.7 Å². The average Bonchev–Trinajstić information content (AvgIpc) is 3.25. The van der Waals surface area contributed by atoms with Crippen LogP contribution in [0.5, 0.6) is 5.75 Å². The van der Waals surface area contributed by atoms with Crippen LogP contribution in [0.4, 0.5) is 0 Å². The summed E-state index contributed by atoms with van der Waals surface area (Å²) in [5.74, 6) is 0.554. The van der Waals surface area contributed by atoms with Crippen LogP contribution in [0.25, 0.3) is 11.3 Å². The maximum Gasteiger partial charge on any atom is 0.312 e. The molecule has 0 amide bonds. The molecule has 6 heteroatoms. The third-order valence-electron chi connectivity index (χ3n) is 4.14. The van der Waals surface area contributed by atoms with E-state index in [-0.39, 0.29) is 24.6 Å². The SMILES string of the molecule is COc1ccc(-c2cc(CC(=O)OC(C)C)n[nH]2)cc1C1CCCO1. The minimum Gasteiger partial charge on any atom is -0.496 e. The minimum atomic E-state index is -0.275. The predicted octanol–water partition coefficient (Wildman–Crippen LogP) is 3.43. The van der Waals surface area contributed by atoms with E-state index in [0.717, 1.165) is 42.0 Å². The molecule has 0 saturated carbocycles. The van der Waals surface area contributed by atoms with Gasteiger partial charge in [-0.25, -0.2) is 0 Å². The highest BCUT2D eigenvalue weighted by Gasteiger charge is 2.22. The van der Waals surface area contributed by atoms with Gasteiger partial charge >= 0.3 is 5.97 Å². The van der Waals surface area contributed by atoms with Gasteiger partial charge in [-0.3, -0.25) is 9.89 Å². The van der Waals surface area contributed by atoms with Crippen LogP contribution in [0.1, 0.15) is 44.1 Å². The lowest BCUT2D eigenvalue weighted by molar-refractivity contribution is -0.146. The second-order valence-corrected chi connectivity index (χ2v) is 6.45. The molecule has 1 unspecified atom stereocenters. The van der Waals surface area contributed by atoms with Crippen molar-refractivity contribution in [2.45, 2.75) is 45.3 Å². The van der Waals surface area contributed by atoms with E-state index in [9.17, 15) is 4.79 Å². The van der Waals surface area contributed by atoms with Crippen molar-refractivity contribution in [3.8, 4) is 17.0 Å². The average molecular weight is 344 g/mol. The molecule has 0 radical (unpaired) electrons. The van der Waals surface area contributed by atoms with Gasteiger partial charge < -0.3 is 14.2 Å². The fraction of sp³-hybridized carbons (Fsp3) is 0.474. The summed E-state index contributed by atoms with van der Waals surface area (Å²) in [4.78, 5) is 11.8. The zero-order chi connectivity index (χ0) is 17.8. The Kier molecular flexibility index (Phi) is 5.38. The summed E-state index contributed by atoms with van der Waals surface area (Å²) in [6.07, 6.45) is 2.16. The monoisotopic (exact) mass is 344 g/mol. The summed E-state index contributed by atoms with van der Waals surface area (Å²) in [6.45, 7) is 4.44. The first-order valence-electron chi connectivity index (χ1n) is 8.60. The quantitative estimate of drug-likeness (QED) is 0.813. The summed E-state index contributed by atoms with van der Waals surface area (Å²) in [6, 6.07) is 7.86. The third kappa shape index (κ3) is 4.20. The molecule has 3 rings (SSSR count). The first-order valence-corrected chi connectivity index (χ1v) is 8.60. The zero-order valence-corrected chi connectivity index (χ0v) is 14.9. The van der Waals surface area contributed by atoms with Crippen LogP contribution in [-0.2, 0) is 20.7 Å². The molecule has 0 bridgehead atoms. The Morgan fingerprint density at radius 1 is 1.40 bits per heavy atom. The van der Waals surface area contributed by atoms with Crippen molar-refractivity contribution in [1.82, 2.24) is 10.2 Å². The van der Waals surface area contributed by atoms with Crippen LogP contribution < -0.4 is 4.74 Å². The van der Waals surface area contributed by atoms with E-state index >= 15 is 0 Å². The molecule has 0 spiro atoms. The first kappa shape index (κ1) is 17.5. The van der Waals surface area contributed by atoms with Gasteiger partial charge in [0.2, 0.25) is 0 Å². The molecule has 1 aromatic carbocycles. The number of esters is 1. The lowest BCUT2D eigenvalue weighted by atomic mass is 10.0. The Morgan fingerprint density at radius 3 is 2.92 bits per heavy atom. The number of aromatic nitrogens is 2. The second-order valence-electron chi connectivity index (χ2n) is 6.45. The van der Waals surface area contributed by atoms with Crippen LogP contribution in [-0.4, -0.2) is 36.0 Å². The Morgan fingerprint density at radius 2 is 2.24 bits per heavy atom. The fourth-order valence-electron chi connectivity index (χ4n) is 3.03. The maximum absolute atomic E-state index is 11.8.